The molecule has 27 heavy (non-hydrogen) atoms. The van der Waals surface area contributed by atoms with E-state index in [1.165, 1.54) is 9.71 Å². The summed E-state index contributed by atoms with van der Waals surface area (Å²) in [6.45, 7) is 4.49. The van der Waals surface area contributed by atoms with Gasteiger partial charge in [-0.2, -0.15) is 0 Å². The zero-order valence-corrected chi connectivity index (χ0v) is 16.4. The second-order valence-corrected chi connectivity index (χ2v) is 8.27. The quantitative estimate of drug-likeness (QED) is 0.723. The third-order valence-corrected chi connectivity index (χ3v) is 6.62. The number of hydrogen-bond donors (Lipinski definition) is 1. The van der Waals surface area contributed by atoms with Gasteiger partial charge in [0.2, 0.25) is 5.91 Å². The number of carbonyl (C=O) groups excluding carboxylic acids is 1. The van der Waals surface area contributed by atoms with E-state index < -0.39 is 0 Å². The Morgan fingerprint density at radius 1 is 1.15 bits per heavy atom. The van der Waals surface area contributed by atoms with Crippen LogP contribution in [0.5, 0.6) is 0 Å². The fourth-order valence-electron chi connectivity index (χ4n) is 3.70. The van der Waals surface area contributed by atoms with E-state index in [1.807, 2.05) is 54.7 Å². The average Bonchev–Trinajstić information content (AvgIpc) is 3.16. The third-order valence-electron chi connectivity index (χ3n) is 5.43. The molecule has 1 saturated heterocycles. The smallest absolute Gasteiger partial charge is 0.237 e. The summed E-state index contributed by atoms with van der Waals surface area (Å²) in [6.07, 6.45) is 2.13. The first-order chi connectivity index (χ1) is 13.2. The van der Waals surface area contributed by atoms with E-state index in [4.69, 9.17) is 4.98 Å². The molecule has 0 spiro atoms. The van der Waals surface area contributed by atoms with Crippen LogP contribution in [0.3, 0.4) is 0 Å². The summed E-state index contributed by atoms with van der Waals surface area (Å²) in [5, 5.41) is 4.31. The van der Waals surface area contributed by atoms with Gasteiger partial charge in [-0.25, -0.2) is 4.98 Å². The van der Waals surface area contributed by atoms with Gasteiger partial charge in [-0.15, -0.1) is 11.3 Å². The summed E-state index contributed by atoms with van der Waals surface area (Å²) in [5.74, 6) is 0.621. The lowest BCUT2D eigenvalue weighted by Gasteiger charge is -2.34. The highest BCUT2D eigenvalue weighted by atomic mass is 32.1. The summed E-state index contributed by atoms with van der Waals surface area (Å²) in [5.41, 5.74) is 2.24. The maximum Gasteiger partial charge on any atom is 0.237 e. The highest BCUT2D eigenvalue weighted by Crippen LogP contribution is 2.34. The van der Waals surface area contributed by atoms with Gasteiger partial charge in [-0.3, -0.25) is 9.69 Å². The predicted octanol–water partition coefficient (Wildman–Crippen LogP) is 4.18. The lowest BCUT2D eigenvalue weighted by Crippen LogP contribution is -2.47. The molecule has 0 bridgehead atoms. The van der Waals surface area contributed by atoms with Crippen LogP contribution in [-0.2, 0) is 11.3 Å². The lowest BCUT2D eigenvalue weighted by molar-refractivity contribution is -0.126. The fraction of sp³-hybridized carbons (Fsp3) is 0.364. The molecule has 4 rings (SSSR count). The molecule has 5 heteroatoms. The number of rotatable bonds is 5. The molecule has 1 aliphatic heterocycles. The second kappa shape index (κ2) is 8.19. The molecule has 140 valence electrons. The van der Waals surface area contributed by atoms with Gasteiger partial charge < -0.3 is 5.32 Å². The molecule has 0 saturated carbocycles. The molecule has 2 heterocycles. The third kappa shape index (κ3) is 4.20. The number of benzene rings is 2. The topological polar surface area (TPSA) is 45.2 Å². The number of fused-ring (bicyclic) bond motifs is 1. The predicted molar refractivity (Wildman–Crippen MR) is 111 cm³/mol. The lowest BCUT2D eigenvalue weighted by atomic mass is 9.96. The van der Waals surface area contributed by atoms with Crippen LogP contribution < -0.4 is 5.32 Å². The van der Waals surface area contributed by atoms with Crippen molar-refractivity contribution in [1.29, 1.82) is 0 Å². The first kappa shape index (κ1) is 18.1. The number of nitrogens with one attached hydrogen (secondary N) is 1. The number of piperidine rings is 1. The molecule has 3 aromatic rings. The van der Waals surface area contributed by atoms with E-state index in [1.54, 1.807) is 0 Å². The van der Waals surface area contributed by atoms with Crippen LogP contribution in [0.25, 0.3) is 10.2 Å². The maximum atomic E-state index is 12.5. The molecular formula is C22H25N3OS. The van der Waals surface area contributed by atoms with Crippen molar-refractivity contribution in [2.45, 2.75) is 38.3 Å². The zero-order chi connectivity index (χ0) is 18.6. The molecular weight excluding hydrogens is 354 g/mol. The van der Waals surface area contributed by atoms with E-state index in [2.05, 4.69) is 28.4 Å². The van der Waals surface area contributed by atoms with Crippen LogP contribution >= 0.6 is 11.3 Å². The van der Waals surface area contributed by atoms with Gasteiger partial charge in [0.15, 0.2) is 0 Å². The van der Waals surface area contributed by atoms with Crippen molar-refractivity contribution in [2.24, 2.45) is 0 Å². The van der Waals surface area contributed by atoms with Crippen molar-refractivity contribution in [3.05, 3.63) is 65.2 Å². The highest BCUT2D eigenvalue weighted by molar-refractivity contribution is 7.18. The maximum absolute atomic E-state index is 12.5. The zero-order valence-electron chi connectivity index (χ0n) is 15.6. The number of aromatic nitrogens is 1. The summed E-state index contributed by atoms with van der Waals surface area (Å²) < 4.78 is 1.27. The monoisotopic (exact) mass is 379 g/mol. The normalized spacial score (nSPS) is 17.1. The Kier molecular flexibility index (Phi) is 5.50. The van der Waals surface area contributed by atoms with Gasteiger partial charge in [0.05, 0.1) is 21.3 Å². The summed E-state index contributed by atoms with van der Waals surface area (Å²) >= 11 is 1.82. The molecule has 1 aromatic heterocycles. The molecule has 4 nitrogen and oxygen atoms in total. The van der Waals surface area contributed by atoms with Gasteiger partial charge in [-0.05, 0) is 50.6 Å². The minimum Gasteiger partial charge on any atom is -0.351 e. The number of hydrogen-bond acceptors (Lipinski definition) is 4. The van der Waals surface area contributed by atoms with E-state index in [-0.39, 0.29) is 11.9 Å². The fourth-order valence-corrected chi connectivity index (χ4v) is 4.83. The van der Waals surface area contributed by atoms with Gasteiger partial charge in [-0.1, -0.05) is 42.5 Å². The Morgan fingerprint density at radius 3 is 2.59 bits per heavy atom. The minimum absolute atomic E-state index is 0.0926. The van der Waals surface area contributed by atoms with Gasteiger partial charge in [0.1, 0.15) is 0 Å². The largest absolute Gasteiger partial charge is 0.351 e. The number of amides is 1. The molecule has 1 fully saturated rings. The number of carbonyl (C=O) groups is 1. The first-order valence-corrected chi connectivity index (χ1v) is 10.4. The van der Waals surface area contributed by atoms with Crippen LogP contribution in [0.2, 0.25) is 0 Å². The summed E-state index contributed by atoms with van der Waals surface area (Å²) in [7, 11) is 0. The molecule has 1 aliphatic rings. The van der Waals surface area contributed by atoms with Gasteiger partial charge in [0.25, 0.3) is 0 Å². The Bertz CT molecular complexity index is 867. The first-order valence-electron chi connectivity index (χ1n) is 9.62. The van der Waals surface area contributed by atoms with Crippen LogP contribution in [0, 0.1) is 0 Å². The minimum atomic E-state index is -0.0926. The van der Waals surface area contributed by atoms with Gasteiger partial charge >= 0.3 is 0 Å². The molecule has 1 amide bonds. The molecule has 2 aromatic carbocycles. The SMILES string of the molecule is C[C@H](C(=O)NCc1ccccc1)N1CCC(c2nc3ccccc3s2)CC1. The molecule has 1 N–H and O–H groups in total. The number of thiazole rings is 1. The number of likely N-dealkylation sites (tertiary alicyclic amines) is 1. The van der Waals surface area contributed by atoms with E-state index >= 15 is 0 Å². The van der Waals surface area contributed by atoms with Crippen molar-refractivity contribution in [3.63, 3.8) is 0 Å². The Balaban J connectivity index is 1.30. The standard InChI is InChI=1S/C22H25N3OS/c1-16(21(26)23-15-17-7-3-2-4-8-17)25-13-11-18(12-14-25)22-24-19-9-5-6-10-20(19)27-22/h2-10,16,18H,11-15H2,1H3,(H,23,26)/t16-/m1/s1. The van der Waals surface area contributed by atoms with Crippen LogP contribution in [-0.4, -0.2) is 34.9 Å². The summed E-state index contributed by atoms with van der Waals surface area (Å²) in [6, 6.07) is 18.3. The van der Waals surface area contributed by atoms with E-state index in [0.717, 1.165) is 37.0 Å². The average molecular weight is 380 g/mol. The van der Waals surface area contributed by atoms with Crippen molar-refractivity contribution >= 4 is 27.5 Å². The Labute approximate surface area is 164 Å². The highest BCUT2D eigenvalue weighted by Gasteiger charge is 2.28. The number of para-hydroxylation sites is 1. The van der Waals surface area contributed by atoms with Crippen molar-refractivity contribution in [3.8, 4) is 0 Å². The van der Waals surface area contributed by atoms with Crippen molar-refractivity contribution in [1.82, 2.24) is 15.2 Å². The van der Waals surface area contributed by atoms with Gasteiger partial charge in [0, 0.05) is 12.5 Å². The van der Waals surface area contributed by atoms with Crippen LogP contribution in [0.15, 0.2) is 54.6 Å². The van der Waals surface area contributed by atoms with Crippen molar-refractivity contribution < 1.29 is 4.79 Å². The van der Waals surface area contributed by atoms with Crippen molar-refractivity contribution in [2.75, 3.05) is 13.1 Å². The number of nitrogens with zero attached hydrogens (tertiary/aromatic N) is 2. The van der Waals surface area contributed by atoms with E-state index in [0.29, 0.717) is 12.5 Å². The Hall–Kier alpha value is -2.24. The second-order valence-electron chi connectivity index (χ2n) is 7.21. The molecule has 0 unspecified atom stereocenters. The molecule has 0 radical (unpaired) electrons. The molecule has 1 atom stereocenters. The van der Waals surface area contributed by atoms with Crippen LogP contribution in [0.1, 0.15) is 36.3 Å². The van der Waals surface area contributed by atoms with Crippen LogP contribution in [0.4, 0.5) is 0 Å². The molecule has 0 aliphatic carbocycles. The summed E-state index contributed by atoms with van der Waals surface area (Å²) in [4.78, 5) is 19.6. The van der Waals surface area contributed by atoms with E-state index in [9.17, 15) is 4.79 Å². The Morgan fingerprint density at radius 2 is 1.85 bits per heavy atom.